The first kappa shape index (κ1) is 22.3. The molecule has 4 rings (SSSR count). The number of carbonyl (C=O) groups excluding carboxylic acids is 2. The fourth-order valence-electron chi connectivity index (χ4n) is 3.43. The Bertz CT molecular complexity index is 1110. The molecule has 2 heterocycles. The standard InChI is InChI=1S/C22H19ClF2N4O2S/c23-13-3-1-12(2-4-13)9-29-10-16(18(25)21-19(29)20(30)17(26)11-32-21)22(31)28-27-15-7-5-14(24)6-8-15/h1-8,10,17,19,27H,9,11,26H2,(H,28,31)/t17-,19?/m0/s1. The molecule has 1 unspecified atom stereocenters. The van der Waals surface area contributed by atoms with E-state index in [0.29, 0.717) is 10.7 Å². The summed E-state index contributed by atoms with van der Waals surface area (Å²) in [4.78, 5) is 27.3. The van der Waals surface area contributed by atoms with Crippen LogP contribution in [0.15, 0.2) is 71.0 Å². The Hall–Kier alpha value is -2.88. The van der Waals surface area contributed by atoms with Crippen molar-refractivity contribution in [2.75, 3.05) is 11.2 Å². The summed E-state index contributed by atoms with van der Waals surface area (Å²) in [6, 6.07) is 10.7. The molecule has 6 nitrogen and oxygen atoms in total. The third kappa shape index (κ3) is 4.64. The summed E-state index contributed by atoms with van der Waals surface area (Å²) in [6.07, 6.45) is 1.33. The predicted octanol–water partition coefficient (Wildman–Crippen LogP) is 3.51. The summed E-state index contributed by atoms with van der Waals surface area (Å²) in [7, 11) is 0. The highest BCUT2D eigenvalue weighted by Gasteiger charge is 2.42. The van der Waals surface area contributed by atoms with Gasteiger partial charge in [-0.05, 0) is 42.0 Å². The van der Waals surface area contributed by atoms with Gasteiger partial charge < -0.3 is 10.6 Å². The van der Waals surface area contributed by atoms with Crippen molar-refractivity contribution < 1.29 is 18.4 Å². The fourth-order valence-corrected chi connectivity index (χ4v) is 4.72. The van der Waals surface area contributed by atoms with Gasteiger partial charge >= 0.3 is 0 Å². The number of nitrogens with zero attached hydrogens (tertiary/aromatic N) is 1. The molecule has 2 aromatic rings. The Kier molecular flexibility index (Phi) is 6.50. The number of Topliss-reactive ketones (excluding diaryl/α,β-unsaturated/α-hetero) is 1. The zero-order chi connectivity index (χ0) is 22.8. The summed E-state index contributed by atoms with van der Waals surface area (Å²) in [5.74, 6) is -1.99. The number of thioether (sulfide) groups is 1. The van der Waals surface area contributed by atoms with Crippen LogP contribution in [0.1, 0.15) is 5.56 Å². The van der Waals surface area contributed by atoms with E-state index in [-0.39, 0.29) is 28.6 Å². The first-order valence-electron chi connectivity index (χ1n) is 9.69. The van der Waals surface area contributed by atoms with E-state index in [1.54, 1.807) is 29.2 Å². The van der Waals surface area contributed by atoms with Crippen LogP contribution in [0.5, 0.6) is 0 Å². The minimum Gasteiger partial charge on any atom is -0.358 e. The van der Waals surface area contributed by atoms with Crippen molar-refractivity contribution in [1.82, 2.24) is 10.3 Å². The van der Waals surface area contributed by atoms with Crippen LogP contribution < -0.4 is 16.6 Å². The molecule has 10 heteroatoms. The topological polar surface area (TPSA) is 87.5 Å². The van der Waals surface area contributed by atoms with Gasteiger partial charge in [0.2, 0.25) is 0 Å². The van der Waals surface area contributed by atoms with Gasteiger partial charge in [0.15, 0.2) is 5.78 Å². The fraction of sp³-hybridized carbons (Fsp3) is 0.182. The van der Waals surface area contributed by atoms with E-state index >= 15 is 4.39 Å². The van der Waals surface area contributed by atoms with Crippen LogP contribution in [-0.4, -0.2) is 34.4 Å². The van der Waals surface area contributed by atoms with Gasteiger partial charge in [0, 0.05) is 23.5 Å². The van der Waals surface area contributed by atoms with E-state index in [0.717, 1.165) is 17.3 Å². The number of anilines is 1. The Morgan fingerprint density at radius 2 is 1.84 bits per heavy atom. The van der Waals surface area contributed by atoms with E-state index < -0.39 is 29.6 Å². The molecule has 2 aliphatic heterocycles. The molecule has 2 aliphatic rings. The normalized spacial score (nSPS) is 20.6. The lowest BCUT2D eigenvalue weighted by Gasteiger charge is -2.39. The number of fused-ring (bicyclic) bond motifs is 1. The Labute approximate surface area is 192 Å². The average molecular weight is 477 g/mol. The number of rotatable bonds is 5. The van der Waals surface area contributed by atoms with Gasteiger partial charge in [-0.25, -0.2) is 8.78 Å². The summed E-state index contributed by atoms with van der Waals surface area (Å²) in [5.41, 5.74) is 12.0. The van der Waals surface area contributed by atoms with E-state index in [9.17, 15) is 14.0 Å². The van der Waals surface area contributed by atoms with E-state index in [4.69, 9.17) is 17.3 Å². The van der Waals surface area contributed by atoms with Crippen LogP contribution >= 0.6 is 23.4 Å². The lowest BCUT2D eigenvalue weighted by atomic mass is 9.98. The second kappa shape index (κ2) is 9.32. The maximum Gasteiger partial charge on any atom is 0.274 e. The minimum atomic E-state index is -0.902. The molecule has 2 atom stereocenters. The zero-order valence-electron chi connectivity index (χ0n) is 16.6. The SMILES string of the molecule is N[C@H]1CSC2=C(F)C(C(=O)NNc3ccc(F)cc3)=CN(Cc3ccc(Cl)cc3)C2C1=O. The molecule has 0 spiro atoms. The number of nitrogens with two attached hydrogens (primary N) is 1. The number of hydrogen-bond donors (Lipinski definition) is 3. The largest absolute Gasteiger partial charge is 0.358 e. The third-order valence-corrected chi connectivity index (χ3v) is 6.56. The molecule has 0 saturated carbocycles. The first-order chi connectivity index (χ1) is 15.3. The molecule has 0 bridgehead atoms. The van der Waals surface area contributed by atoms with Crippen LogP contribution in [0.4, 0.5) is 14.5 Å². The van der Waals surface area contributed by atoms with Crippen molar-refractivity contribution in [3.05, 3.63) is 87.4 Å². The molecule has 0 radical (unpaired) electrons. The van der Waals surface area contributed by atoms with Gasteiger partial charge in [-0.3, -0.25) is 20.4 Å². The van der Waals surface area contributed by atoms with Crippen molar-refractivity contribution in [1.29, 1.82) is 0 Å². The summed E-state index contributed by atoms with van der Waals surface area (Å²) < 4.78 is 28.4. The molecule has 1 fully saturated rings. The Morgan fingerprint density at radius 1 is 1.16 bits per heavy atom. The molecular formula is C22H19ClF2N4O2S. The number of ketones is 1. The van der Waals surface area contributed by atoms with Gasteiger partial charge in [-0.15, -0.1) is 11.8 Å². The van der Waals surface area contributed by atoms with E-state index in [2.05, 4.69) is 10.9 Å². The highest BCUT2D eigenvalue weighted by Crippen LogP contribution is 2.40. The highest BCUT2D eigenvalue weighted by molar-refractivity contribution is 8.03. The number of nitrogens with one attached hydrogen (secondary N) is 2. The highest BCUT2D eigenvalue weighted by atomic mass is 35.5. The van der Waals surface area contributed by atoms with Crippen LogP contribution in [0.3, 0.4) is 0 Å². The summed E-state index contributed by atoms with van der Waals surface area (Å²) in [5, 5.41) is 0.563. The second-order valence-corrected chi connectivity index (χ2v) is 8.83. The van der Waals surface area contributed by atoms with E-state index in [1.165, 1.54) is 30.5 Å². The van der Waals surface area contributed by atoms with Crippen LogP contribution in [-0.2, 0) is 16.1 Å². The molecule has 4 N–H and O–H groups in total. The number of carbonyl (C=O) groups is 2. The number of benzene rings is 2. The minimum absolute atomic E-state index is 0.167. The van der Waals surface area contributed by atoms with Crippen molar-refractivity contribution >= 4 is 40.7 Å². The smallest absolute Gasteiger partial charge is 0.274 e. The van der Waals surface area contributed by atoms with Gasteiger partial charge in [0.25, 0.3) is 5.91 Å². The predicted molar refractivity (Wildman–Crippen MR) is 121 cm³/mol. The lowest BCUT2D eigenvalue weighted by Crippen LogP contribution is -2.52. The number of hydrogen-bond acceptors (Lipinski definition) is 6. The number of hydrazine groups is 1. The van der Waals surface area contributed by atoms with Gasteiger partial charge in [0.05, 0.1) is 22.2 Å². The molecular weight excluding hydrogens is 458 g/mol. The van der Waals surface area contributed by atoms with Crippen LogP contribution in [0.2, 0.25) is 5.02 Å². The maximum absolute atomic E-state index is 15.3. The maximum atomic E-state index is 15.3. The quantitative estimate of drug-likeness (QED) is 0.572. The zero-order valence-corrected chi connectivity index (χ0v) is 18.2. The molecule has 32 heavy (non-hydrogen) atoms. The molecule has 1 saturated heterocycles. The third-order valence-electron chi connectivity index (χ3n) is 5.07. The van der Waals surface area contributed by atoms with Gasteiger partial charge in [-0.1, -0.05) is 23.7 Å². The molecule has 0 aromatic heterocycles. The Morgan fingerprint density at radius 3 is 2.53 bits per heavy atom. The monoisotopic (exact) mass is 476 g/mol. The van der Waals surface area contributed by atoms with Gasteiger partial charge in [0.1, 0.15) is 17.7 Å². The molecule has 1 amide bonds. The molecule has 2 aromatic carbocycles. The second-order valence-electron chi connectivity index (χ2n) is 7.33. The lowest BCUT2D eigenvalue weighted by molar-refractivity contribution is -0.123. The first-order valence-corrected chi connectivity index (χ1v) is 11.1. The van der Waals surface area contributed by atoms with E-state index in [1.807, 2.05) is 0 Å². The molecule has 0 aliphatic carbocycles. The molecule has 166 valence electrons. The number of halogens is 3. The van der Waals surface area contributed by atoms with Crippen molar-refractivity contribution in [2.45, 2.75) is 18.6 Å². The summed E-state index contributed by atoms with van der Waals surface area (Å²) >= 11 is 7.08. The van der Waals surface area contributed by atoms with Gasteiger partial charge in [-0.2, -0.15) is 0 Å². The van der Waals surface area contributed by atoms with Crippen LogP contribution in [0, 0.1) is 5.82 Å². The Balaban J connectivity index is 1.61. The summed E-state index contributed by atoms with van der Waals surface area (Å²) in [6.45, 7) is 0.250. The van der Waals surface area contributed by atoms with Crippen molar-refractivity contribution in [3.63, 3.8) is 0 Å². The van der Waals surface area contributed by atoms with Crippen molar-refractivity contribution in [2.24, 2.45) is 5.73 Å². The average Bonchev–Trinajstić information content (AvgIpc) is 2.78. The number of amides is 1. The van der Waals surface area contributed by atoms with Crippen molar-refractivity contribution in [3.8, 4) is 0 Å². The van der Waals surface area contributed by atoms with Crippen LogP contribution in [0.25, 0.3) is 0 Å².